The molecule has 0 aromatic carbocycles. The van der Waals surface area contributed by atoms with Gasteiger partial charge in [0.05, 0.1) is 0 Å². The van der Waals surface area contributed by atoms with Crippen molar-refractivity contribution in [2.24, 2.45) is 5.73 Å². The molecule has 2 aromatic rings. The van der Waals surface area contributed by atoms with Gasteiger partial charge in [-0.1, -0.05) is 11.3 Å². The summed E-state index contributed by atoms with van der Waals surface area (Å²) < 4.78 is 0.862. The molecule has 0 saturated heterocycles. The summed E-state index contributed by atoms with van der Waals surface area (Å²) in [5, 5.41) is 16.9. The summed E-state index contributed by atoms with van der Waals surface area (Å²) in [5.74, 6) is 0.0239. The minimum atomic E-state index is 0.0239. The molecule has 5 nitrogen and oxygen atoms in total. The number of aryl methyl sites for hydroxylation is 1. The second-order valence-corrected chi connectivity index (χ2v) is 5.44. The number of hydrogen-bond acceptors (Lipinski definition) is 6. The van der Waals surface area contributed by atoms with Crippen LogP contribution in [0.3, 0.4) is 0 Å². The maximum atomic E-state index is 7.24. The number of nitrogen functional groups attached to an aromatic ring is 1. The number of hydrogen-bond donors (Lipinski definition) is 2. The molecule has 2 heterocycles. The second kappa shape index (κ2) is 4.58. The number of aromatic nitrogens is 3. The van der Waals surface area contributed by atoms with Crippen LogP contribution in [0.25, 0.3) is 0 Å². The van der Waals surface area contributed by atoms with E-state index in [0.717, 1.165) is 14.4 Å². The van der Waals surface area contributed by atoms with Crippen molar-refractivity contribution < 1.29 is 0 Å². The summed E-state index contributed by atoms with van der Waals surface area (Å²) in [6.45, 7) is 1.91. The highest BCUT2D eigenvalue weighted by atomic mass is 32.2. The Morgan fingerprint density at radius 1 is 1.44 bits per heavy atom. The Hall–Kier alpha value is -1.47. The van der Waals surface area contributed by atoms with Crippen LogP contribution < -0.4 is 5.73 Å². The zero-order chi connectivity index (χ0) is 11.5. The van der Waals surface area contributed by atoms with Crippen LogP contribution >= 0.6 is 23.1 Å². The number of nitrogens with one attached hydrogen (secondary N) is 1. The molecule has 2 aromatic heterocycles. The fourth-order valence-corrected chi connectivity index (χ4v) is 2.71. The topological polar surface area (TPSA) is 88.5 Å². The lowest BCUT2D eigenvalue weighted by Crippen LogP contribution is -2.10. The second-order valence-electron chi connectivity index (χ2n) is 2.99. The van der Waals surface area contributed by atoms with Crippen molar-refractivity contribution in [3.8, 4) is 0 Å². The smallest absolute Gasteiger partial charge is 0.180 e. The summed E-state index contributed by atoms with van der Waals surface area (Å²) in [5.41, 5.74) is 5.96. The molecule has 0 bridgehead atoms. The molecule has 82 valence electrons. The molecule has 3 N–H and O–H groups in total. The Morgan fingerprint density at radius 3 is 2.75 bits per heavy atom. The van der Waals surface area contributed by atoms with E-state index in [4.69, 9.17) is 11.1 Å². The van der Waals surface area contributed by atoms with E-state index in [1.54, 1.807) is 12.3 Å². The first-order valence-corrected chi connectivity index (χ1v) is 6.07. The Balaban J connectivity index is 2.14. The Bertz CT molecular complexity index is 505. The van der Waals surface area contributed by atoms with Crippen LogP contribution in [0, 0.1) is 12.3 Å². The van der Waals surface area contributed by atoms with Crippen LogP contribution in [0.1, 0.15) is 10.6 Å². The van der Waals surface area contributed by atoms with E-state index in [-0.39, 0.29) is 5.84 Å². The summed E-state index contributed by atoms with van der Waals surface area (Å²) in [6.07, 6.45) is 1.58. The van der Waals surface area contributed by atoms with Crippen LogP contribution in [0.15, 0.2) is 27.7 Å². The molecule has 0 atom stereocenters. The van der Waals surface area contributed by atoms with Crippen molar-refractivity contribution in [1.29, 1.82) is 5.41 Å². The largest absolute Gasteiger partial charge is 0.384 e. The first kappa shape index (κ1) is 11.0. The van der Waals surface area contributed by atoms with Crippen LogP contribution in [0.5, 0.6) is 0 Å². The highest BCUT2D eigenvalue weighted by Crippen LogP contribution is 2.28. The molecule has 2 rings (SSSR count). The molecule has 0 radical (unpaired) electrons. The first-order valence-electron chi connectivity index (χ1n) is 4.43. The number of amidine groups is 1. The molecule has 7 heteroatoms. The van der Waals surface area contributed by atoms with Gasteiger partial charge in [-0.2, -0.15) is 0 Å². The molecular weight excluding hydrogens is 242 g/mol. The fraction of sp³-hybridized carbons (Fsp3) is 0.111. The van der Waals surface area contributed by atoms with E-state index in [9.17, 15) is 0 Å². The standard InChI is InChI=1S/C9H9N5S2/c1-5-13-14-9(15-5)16-7-3-2-6(4-12-7)8(10)11/h2-4H,1H3,(H3,10,11). The van der Waals surface area contributed by atoms with E-state index in [1.807, 2.05) is 13.0 Å². The van der Waals surface area contributed by atoms with Gasteiger partial charge in [-0.15, -0.1) is 10.2 Å². The van der Waals surface area contributed by atoms with Crippen molar-refractivity contribution in [2.75, 3.05) is 0 Å². The van der Waals surface area contributed by atoms with Crippen molar-refractivity contribution in [1.82, 2.24) is 15.2 Å². The molecule has 0 saturated carbocycles. The molecule has 0 unspecified atom stereocenters. The van der Waals surface area contributed by atoms with Crippen molar-refractivity contribution in [3.05, 3.63) is 28.9 Å². The minimum Gasteiger partial charge on any atom is -0.384 e. The van der Waals surface area contributed by atoms with Gasteiger partial charge in [-0.3, -0.25) is 5.41 Å². The number of rotatable bonds is 3. The SMILES string of the molecule is Cc1nnc(Sc2ccc(C(=N)N)cn2)s1. The van der Waals surface area contributed by atoms with Gasteiger partial charge in [0.15, 0.2) is 4.34 Å². The van der Waals surface area contributed by atoms with E-state index < -0.39 is 0 Å². The van der Waals surface area contributed by atoms with Gasteiger partial charge in [0.2, 0.25) is 0 Å². The number of pyridine rings is 1. The molecule has 0 aliphatic carbocycles. The van der Waals surface area contributed by atoms with E-state index in [1.165, 1.54) is 23.1 Å². The fourth-order valence-electron chi connectivity index (χ4n) is 1.01. The van der Waals surface area contributed by atoms with Crippen molar-refractivity contribution in [3.63, 3.8) is 0 Å². The molecule has 16 heavy (non-hydrogen) atoms. The summed E-state index contributed by atoms with van der Waals surface area (Å²) >= 11 is 2.98. The van der Waals surface area contributed by atoms with Crippen LogP contribution in [0.4, 0.5) is 0 Å². The third-order valence-electron chi connectivity index (χ3n) is 1.75. The normalized spacial score (nSPS) is 10.3. The summed E-state index contributed by atoms with van der Waals surface area (Å²) in [7, 11) is 0. The van der Waals surface area contributed by atoms with Gasteiger partial charge in [-0.25, -0.2) is 4.98 Å². The average Bonchev–Trinajstić information content (AvgIpc) is 2.65. The molecule has 0 aliphatic rings. The highest BCUT2D eigenvalue weighted by Gasteiger charge is 2.04. The predicted octanol–water partition coefficient (Wildman–Crippen LogP) is 1.68. The third kappa shape index (κ3) is 2.56. The van der Waals surface area contributed by atoms with Gasteiger partial charge < -0.3 is 5.73 Å². The van der Waals surface area contributed by atoms with Crippen LogP contribution in [0.2, 0.25) is 0 Å². The first-order chi connectivity index (χ1) is 7.65. The van der Waals surface area contributed by atoms with Crippen molar-refractivity contribution >= 4 is 28.9 Å². The zero-order valence-corrected chi connectivity index (χ0v) is 10.1. The zero-order valence-electron chi connectivity index (χ0n) is 8.47. The quantitative estimate of drug-likeness (QED) is 0.640. The predicted molar refractivity (Wildman–Crippen MR) is 64.0 cm³/mol. The lowest BCUT2D eigenvalue weighted by atomic mass is 10.3. The highest BCUT2D eigenvalue weighted by molar-refractivity contribution is 8.01. The number of nitrogens with two attached hydrogens (primary N) is 1. The van der Waals surface area contributed by atoms with Crippen molar-refractivity contribution in [2.45, 2.75) is 16.3 Å². The maximum Gasteiger partial charge on any atom is 0.180 e. The average molecular weight is 251 g/mol. The maximum absolute atomic E-state index is 7.24. The van der Waals surface area contributed by atoms with E-state index in [0.29, 0.717) is 5.56 Å². The monoisotopic (exact) mass is 251 g/mol. The summed E-state index contributed by atoms with van der Waals surface area (Å²) in [6, 6.07) is 3.59. The molecular formula is C9H9N5S2. The third-order valence-corrected chi connectivity index (χ3v) is 3.59. The Labute approximate surface area is 101 Å². The van der Waals surface area contributed by atoms with E-state index in [2.05, 4.69) is 15.2 Å². The van der Waals surface area contributed by atoms with Gasteiger partial charge >= 0.3 is 0 Å². The molecule has 0 amide bonds. The van der Waals surface area contributed by atoms with E-state index >= 15 is 0 Å². The molecule has 0 spiro atoms. The molecule has 0 fully saturated rings. The Kier molecular flexibility index (Phi) is 3.16. The van der Waals surface area contributed by atoms with Crippen LogP contribution in [-0.4, -0.2) is 21.0 Å². The summed E-state index contributed by atoms with van der Waals surface area (Å²) in [4.78, 5) is 4.19. The Morgan fingerprint density at radius 2 is 2.25 bits per heavy atom. The van der Waals surface area contributed by atoms with Gasteiger partial charge in [0.25, 0.3) is 0 Å². The van der Waals surface area contributed by atoms with Gasteiger partial charge in [0.1, 0.15) is 15.9 Å². The number of nitrogens with zero attached hydrogens (tertiary/aromatic N) is 3. The minimum absolute atomic E-state index is 0.0239. The van der Waals surface area contributed by atoms with Gasteiger partial charge in [-0.05, 0) is 30.8 Å². The molecule has 0 aliphatic heterocycles. The lowest BCUT2D eigenvalue weighted by Gasteiger charge is -1.98. The lowest BCUT2D eigenvalue weighted by molar-refractivity contribution is 0.980. The van der Waals surface area contributed by atoms with Gasteiger partial charge in [0, 0.05) is 11.8 Å². The van der Waals surface area contributed by atoms with Crippen LogP contribution in [-0.2, 0) is 0 Å².